The van der Waals surface area contributed by atoms with E-state index >= 15 is 0 Å². The molecule has 1 aromatic rings. The molecular weight excluding hydrogens is 253 g/mol. The number of likely N-dealkylation sites (tertiary alicyclic amines) is 1. The van der Waals surface area contributed by atoms with Crippen LogP contribution in [0.2, 0.25) is 0 Å². The van der Waals surface area contributed by atoms with Crippen LogP contribution >= 0.6 is 0 Å². The lowest BCUT2D eigenvalue weighted by Crippen LogP contribution is -2.42. The summed E-state index contributed by atoms with van der Waals surface area (Å²) in [6, 6.07) is 4.15. The Hall–Kier alpha value is -1.07. The Morgan fingerprint density at radius 1 is 1.37 bits per heavy atom. The van der Waals surface area contributed by atoms with Crippen LogP contribution in [0.25, 0.3) is 0 Å². The summed E-state index contributed by atoms with van der Waals surface area (Å²) in [7, 11) is 0. The highest BCUT2D eigenvalue weighted by atomic mass is 19.4. The van der Waals surface area contributed by atoms with Gasteiger partial charge in [0.1, 0.15) is 0 Å². The highest BCUT2D eigenvalue weighted by molar-refractivity contribution is 5.32. The van der Waals surface area contributed by atoms with Crippen molar-refractivity contribution in [3.63, 3.8) is 0 Å². The minimum absolute atomic E-state index is 0.184. The van der Waals surface area contributed by atoms with Gasteiger partial charge in [-0.15, -0.1) is 0 Å². The fourth-order valence-electron chi connectivity index (χ4n) is 2.53. The molecule has 19 heavy (non-hydrogen) atoms. The number of aryl methyl sites for hydroxylation is 1. The third-order valence-corrected chi connectivity index (χ3v) is 3.61. The molecule has 106 valence electrons. The van der Waals surface area contributed by atoms with Crippen molar-refractivity contribution in [3.8, 4) is 0 Å². The van der Waals surface area contributed by atoms with Gasteiger partial charge in [-0.05, 0) is 49.6 Å². The van der Waals surface area contributed by atoms with Crippen molar-refractivity contribution in [2.24, 2.45) is 5.73 Å². The van der Waals surface area contributed by atoms with Gasteiger partial charge >= 0.3 is 6.18 Å². The third-order valence-electron chi connectivity index (χ3n) is 3.61. The molecule has 0 radical (unpaired) electrons. The lowest BCUT2D eigenvalue weighted by molar-refractivity contribution is -0.137. The fourth-order valence-corrected chi connectivity index (χ4v) is 2.53. The predicted molar refractivity (Wildman–Crippen MR) is 68.7 cm³/mol. The molecule has 0 spiro atoms. The van der Waals surface area contributed by atoms with E-state index in [2.05, 4.69) is 4.90 Å². The molecule has 5 heteroatoms. The van der Waals surface area contributed by atoms with Crippen LogP contribution in [0.3, 0.4) is 0 Å². The first-order chi connectivity index (χ1) is 8.86. The molecule has 0 saturated carbocycles. The summed E-state index contributed by atoms with van der Waals surface area (Å²) in [4.78, 5) is 2.21. The second-order valence-corrected chi connectivity index (χ2v) is 5.28. The molecule has 1 fully saturated rings. The molecule has 1 saturated heterocycles. The molecule has 0 amide bonds. The highest BCUT2D eigenvalue weighted by Gasteiger charge is 2.30. The Morgan fingerprint density at radius 3 is 2.68 bits per heavy atom. The van der Waals surface area contributed by atoms with Gasteiger partial charge in [-0.25, -0.2) is 0 Å². The molecule has 1 aromatic carbocycles. The Balaban J connectivity index is 2.09. The zero-order valence-electron chi connectivity index (χ0n) is 11.0. The van der Waals surface area contributed by atoms with E-state index in [1.54, 1.807) is 13.0 Å². The van der Waals surface area contributed by atoms with Gasteiger partial charge in [-0.3, -0.25) is 4.90 Å². The van der Waals surface area contributed by atoms with Gasteiger partial charge in [-0.1, -0.05) is 6.07 Å². The standard InChI is InChI=1S/C14H19F3N2/c1-10-7-12(14(15,16)17)5-4-11(10)8-19-6-2-3-13(18)9-19/h4-5,7,13H,2-3,6,8-9,18H2,1H3/t13-/m1/s1. The van der Waals surface area contributed by atoms with Gasteiger partial charge in [0.05, 0.1) is 5.56 Å². The molecule has 2 nitrogen and oxygen atoms in total. The normalized spacial score (nSPS) is 21.6. The third kappa shape index (κ3) is 3.70. The van der Waals surface area contributed by atoms with E-state index in [1.165, 1.54) is 6.07 Å². The molecule has 0 unspecified atom stereocenters. The summed E-state index contributed by atoms with van der Waals surface area (Å²) >= 11 is 0. The number of hydrogen-bond acceptors (Lipinski definition) is 2. The van der Waals surface area contributed by atoms with Crippen LogP contribution in [0, 0.1) is 6.92 Å². The first-order valence-corrected chi connectivity index (χ1v) is 6.51. The average molecular weight is 272 g/mol. The number of hydrogen-bond donors (Lipinski definition) is 1. The van der Waals surface area contributed by atoms with E-state index in [0.717, 1.165) is 37.6 Å². The van der Waals surface area contributed by atoms with Crippen molar-refractivity contribution in [1.29, 1.82) is 0 Å². The van der Waals surface area contributed by atoms with E-state index < -0.39 is 11.7 Å². The first kappa shape index (κ1) is 14.3. The van der Waals surface area contributed by atoms with E-state index in [9.17, 15) is 13.2 Å². The van der Waals surface area contributed by atoms with Gasteiger partial charge in [0.25, 0.3) is 0 Å². The van der Waals surface area contributed by atoms with Crippen molar-refractivity contribution in [1.82, 2.24) is 4.90 Å². The summed E-state index contributed by atoms with van der Waals surface area (Å²) in [5.41, 5.74) is 6.96. The van der Waals surface area contributed by atoms with Crippen LogP contribution in [0.5, 0.6) is 0 Å². The maximum Gasteiger partial charge on any atom is 0.416 e. The predicted octanol–water partition coefficient (Wildman–Crippen LogP) is 2.94. The Morgan fingerprint density at radius 2 is 2.11 bits per heavy atom. The van der Waals surface area contributed by atoms with Gasteiger partial charge in [-0.2, -0.15) is 13.2 Å². The molecule has 1 aliphatic rings. The SMILES string of the molecule is Cc1cc(C(F)(F)F)ccc1CN1CCC[C@@H](N)C1. The van der Waals surface area contributed by atoms with Crippen LogP contribution in [0.1, 0.15) is 29.5 Å². The molecule has 1 heterocycles. The number of benzene rings is 1. The molecule has 0 bridgehead atoms. The van der Waals surface area contributed by atoms with Crippen LogP contribution in [-0.2, 0) is 12.7 Å². The van der Waals surface area contributed by atoms with Crippen molar-refractivity contribution in [2.45, 2.75) is 38.5 Å². The summed E-state index contributed by atoms with van der Waals surface area (Å²) < 4.78 is 37.7. The molecular formula is C14H19F3N2. The van der Waals surface area contributed by atoms with Crippen molar-refractivity contribution >= 4 is 0 Å². The maximum atomic E-state index is 12.6. The quantitative estimate of drug-likeness (QED) is 0.897. The minimum atomic E-state index is -4.27. The summed E-state index contributed by atoms with van der Waals surface area (Å²) in [5.74, 6) is 0. The van der Waals surface area contributed by atoms with E-state index in [-0.39, 0.29) is 6.04 Å². The molecule has 2 N–H and O–H groups in total. The molecule has 2 rings (SSSR count). The maximum absolute atomic E-state index is 12.6. The van der Waals surface area contributed by atoms with Crippen LogP contribution in [0.4, 0.5) is 13.2 Å². The Bertz CT molecular complexity index is 443. The highest BCUT2D eigenvalue weighted by Crippen LogP contribution is 2.30. The van der Waals surface area contributed by atoms with E-state index in [4.69, 9.17) is 5.73 Å². The first-order valence-electron chi connectivity index (χ1n) is 6.51. The van der Waals surface area contributed by atoms with E-state index in [1.807, 2.05) is 0 Å². The van der Waals surface area contributed by atoms with Crippen LogP contribution in [0.15, 0.2) is 18.2 Å². The van der Waals surface area contributed by atoms with Gasteiger partial charge in [0, 0.05) is 19.1 Å². The lowest BCUT2D eigenvalue weighted by atomic mass is 10.0. The number of nitrogens with two attached hydrogens (primary N) is 1. The average Bonchev–Trinajstić information content (AvgIpc) is 2.30. The topological polar surface area (TPSA) is 29.3 Å². The lowest BCUT2D eigenvalue weighted by Gasteiger charge is -2.31. The Kier molecular flexibility index (Phi) is 4.16. The van der Waals surface area contributed by atoms with Crippen LogP contribution < -0.4 is 5.73 Å². The second-order valence-electron chi connectivity index (χ2n) is 5.28. The molecule has 0 aliphatic carbocycles. The molecule has 1 atom stereocenters. The number of rotatable bonds is 2. The minimum Gasteiger partial charge on any atom is -0.327 e. The fraction of sp³-hybridized carbons (Fsp3) is 0.571. The van der Waals surface area contributed by atoms with Gasteiger partial charge in [0.2, 0.25) is 0 Å². The van der Waals surface area contributed by atoms with Crippen molar-refractivity contribution in [2.75, 3.05) is 13.1 Å². The van der Waals surface area contributed by atoms with Crippen LogP contribution in [-0.4, -0.2) is 24.0 Å². The summed E-state index contributed by atoms with van der Waals surface area (Å²) in [5, 5.41) is 0. The number of halogens is 3. The second kappa shape index (κ2) is 5.51. The smallest absolute Gasteiger partial charge is 0.327 e. The number of piperidine rings is 1. The number of alkyl halides is 3. The Labute approximate surface area is 111 Å². The number of nitrogens with zero attached hydrogens (tertiary/aromatic N) is 1. The zero-order chi connectivity index (χ0) is 14.0. The summed E-state index contributed by atoms with van der Waals surface area (Å²) in [6.45, 7) is 4.20. The monoisotopic (exact) mass is 272 g/mol. The zero-order valence-corrected chi connectivity index (χ0v) is 11.0. The van der Waals surface area contributed by atoms with Crippen molar-refractivity contribution < 1.29 is 13.2 Å². The molecule has 1 aliphatic heterocycles. The van der Waals surface area contributed by atoms with Gasteiger partial charge in [0.15, 0.2) is 0 Å². The van der Waals surface area contributed by atoms with E-state index in [0.29, 0.717) is 12.1 Å². The largest absolute Gasteiger partial charge is 0.416 e. The molecule has 0 aromatic heterocycles. The van der Waals surface area contributed by atoms with Gasteiger partial charge < -0.3 is 5.73 Å². The van der Waals surface area contributed by atoms with Crippen molar-refractivity contribution in [3.05, 3.63) is 34.9 Å². The summed E-state index contributed by atoms with van der Waals surface area (Å²) in [6.07, 6.45) is -2.18.